The number of guanidine groups is 1. The number of hydrogen-bond donors (Lipinski definition) is 1. The highest BCUT2D eigenvalue weighted by atomic mass is 32.1. The van der Waals surface area contributed by atoms with Gasteiger partial charge in [0.25, 0.3) is 0 Å². The molecule has 0 amide bonds. The molecule has 0 spiro atoms. The summed E-state index contributed by atoms with van der Waals surface area (Å²) in [6.07, 6.45) is 8.68. The lowest BCUT2D eigenvalue weighted by Gasteiger charge is -2.36. The Kier molecular flexibility index (Phi) is 6.53. The summed E-state index contributed by atoms with van der Waals surface area (Å²) in [5, 5.41) is 3.14. The quantitative estimate of drug-likeness (QED) is 0.640. The molecule has 7 heteroatoms. The summed E-state index contributed by atoms with van der Waals surface area (Å²) in [5.41, 5.74) is 6.32. The minimum absolute atomic E-state index is 0.510. The van der Waals surface area contributed by atoms with E-state index in [2.05, 4.69) is 33.8 Å². The Bertz CT molecular complexity index is 530. The molecule has 1 saturated heterocycles. The molecule has 6 nitrogen and oxygen atoms in total. The van der Waals surface area contributed by atoms with Crippen molar-refractivity contribution in [3.05, 3.63) is 11.6 Å². The Labute approximate surface area is 155 Å². The van der Waals surface area contributed by atoms with E-state index in [0.717, 1.165) is 43.8 Å². The van der Waals surface area contributed by atoms with Gasteiger partial charge in [-0.1, -0.05) is 19.3 Å². The van der Waals surface area contributed by atoms with Gasteiger partial charge in [0, 0.05) is 43.8 Å². The van der Waals surface area contributed by atoms with Crippen LogP contribution in [0.15, 0.2) is 16.6 Å². The van der Waals surface area contributed by atoms with Crippen molar-refractivity contribution < 1.29 is 0 Å². The second kappa shape index (κ2) is 8.85. The molecule has 3 rings (SSSR count). The molecule has 0 aromatic carbocycles. The van der Waals surface area contributed by atoms with Gasteiger partial charge < -0.3 is 20.4 Å². The van der Waals surface area contributed by atoms with Gasteiger partial charge in [0.05, 0.1) is 6.54 Å². The number of hydrogen-bond acceptors (Lipinski definition) is 5. The topological polar surface area (TPSA) is 61.0 Å². The van der Waals surface area contributed by atoms with Crippen molar-refractivity contribution in [2.45, 2.75) is 38.1 Å². The fourth-order valence-corrected chi connectivity index (χ4v) is 4.74. The molecule has 1 aromatic rings. The van der Waals surface area contributed by atoms with E-state index >= 15 is 0 Å². The van der Waals surface area contributed by atoms with Crippen LogP contribution in [0.2, 0.25) is 0 Å². The minimum Gasteiger partial charge on any atom is -0.370 e. The lowest BCUT2D eigenvalue weighted by Crippen LogP contribution is -2.51. The number of likely N-dealkylation sites (N-methyl/N-ethyl adjacent to an activating group) is 1. The highest BCUT2D eigenvalue weighted by Crippen LogP contribution is 2.28. The van der Waals surface area contributed by atoms with Crippen LogP contribution in [0.25, 0.3) is 0 Å². The molecule has 2 heterocycles. The molecule has 1 aromatic heterocycles. The summed E-state index contributed by atoms with van der Waals surface area (Å²) in [4.78, 5) is 16.1. The Balaban J connectivity index is 1.52. The van der Waals surface area contributed by atoms with Crippen LogP contribution in [0.5, 0.6) is 0 Å². The first-order chi connectivity index (χ1) is 12.1. The zero-order valence-corrected chi connectivity index (χ0v) is 16.4. The standard InChI is InChI=1S/C18H32N6S/c1-22(2)16(15-6-4-3-5-7-15)14-21-17(19)23-9-11-24(12-10-23)18-20-8-13-25-18/h8,13,15-16H,3-7,9-12,14H2,1-2H3,(H2,19,21). The van der Waals surface area contributed by atoms with Crippen LogP contribution >= 0.6 is 11.3 Å². The van der Waals surface area contributed by atoms with Gasteiger partial charge in [-0.25, -0.2) is 4.98 Å². The summed E-state index contributed by atoms with van der Waals surface area (Å²) in [6.45, 7) is 4.58. The molecule has 0 radical (unpaired) electrons. The van der Waals surface area contributed by atoms with E-state index in [0.29, 0.717) is 12.0 Å². The predicted molar refractivity (Wildman–Crippen MR) is 106 cm³/mol. The van der Waals surface area contributed by atoms with Crippen LogP contribution in [0.4, 0.5) is 5.13 Å². The van der Waals surface area contributed by atoms with Gasteiger partial charge in [-0.2, -0.15) is 0 Å². The van der Waals surface area contributed by atoms with Crippen LogP contribution < -0.4 is 10.6 Å². The maximum atomic E-state index is 6.32. The number of rotatable bonds is 5. The molecule has 0 bridgehead atoms. The zero-order valence-electron chi connectivity index (χ0n) is 15.6. The van der Waals surface area contributed by atoms with E-state index in [1.165, 1.54) is 32.1 Å². The van der Waals surface area contributed by atoms with E-state index in [1.54, 1.807) is 11.3 Å². The first-order valence-electron chi connectivity index (χ1n) is 9.51. The van der Waals surface area contributed by atoms with Crippen LogP contribution in [-0.2, 0) is 0 Å². The molecule has 2 aliphatic rings. The highest BCUT2D eigenvalue weighted by Gasteiger charge is 2.26. The number of thiazole rings is 1. The number of nitrogens with zero attached hydrogens (tertiary/aromatic N) is 5. The molecule has 25 heavy (non-hydrogen) atoms. The lowest BCUT2D eigenvalue weighted by atomic mass is 9.83. The molecule has 1 aliphatic carbocycles. The fourth-order valence-electron chi connectivity index (χ4n) is 4.04. The van der Waals surface area contributed by atoms with Crippen molar-refractivity contribution in [2.75, 3.05) is 51.7 Å². The number of aromatic nitrogens is 1. The lowest BCUT2D eigenvalue weighted by molar-refractivity contribution is 0.175. The number of aliphatic imine (C=N–C) groups is 1. The van der Waals surface area contributed by atoms with Gasteiger partial charge in [-0.05, 0) is 32.9 Å². The van der Waals surface area contributed by atoms with Crippen molar-refractivity contribution in [2.24, 2.45) is 16.6 Å². The first kappa shape index (κ1) is 18.5. The van der Waals surface area contributed by atoms with Crippen molar-refractivity contribution in [1.29, 1.82) is 0 Å². The average molecular weight is 365 g/mol. The highest BCUT2D eigenvalue weighted by molar-refractivity contribution is 7.13. The van der Waals surface area contributed by atoms with E-state index in [-0.39, 0.29) is 0 Å². The number of nitrogens with two attached hydrogens (primary N) is 1. The molecule has 1 atom stereocenters. The Morgan fingerprint density at radius 3 is 2.60 bits per heavy atom. The van der Waals surface area contributed by atoms with Crippen LogP contribution in [-0.4, -0.2) is 73.6 Å². The third-order valence-corrected chi connectivity index (χ3v) is 6.42. The number of piperazine rings is 1. The monoisotopic (exact) mass is 364 g/mol. The predicted octanol–water partition coefficient (Wildman–Crippen LogP) is 2.09. The zero-order chi connectivity index (χ0) is 17.6. The summed E-state index contributed by atoms with van der Waals surface area (Å²) >= 11 is 1.70. The average Bonchev–Trinajstić information content (AvgIpc) is 3.17. The second-order valence-electron chi connectivity index (χ2n) is 7.42. The third kappa shape index (κ3) is 4.85. The summed E-state index contributed by atoms with van der Waals surface area (Å²) in [7, 11) is 4.36. The normalized spacial score (nSPS) is 21.8. The van der Waals surface area contributed by atoms with Crippen molar-refractivity contribution >= 4 is 22.4 Å². The van der Waals surface area contributed by atoms with Gasteiger partial charge in [-0.15, -0.1) is 11.3 Å². The molecule has 1 saturated carbocycles. The van der Waals surface area contributed by atoms with E-state index in [9.17, 15) is 0 Å². The maximum Gasteiger partial charge on any atom is 0.191 e. The molecule has 1 aliphatic heterocycles. The van der Waals surface area contributed by atoms with Crippen molar-refractivity contribution in [1.82, 2.24) is 14.8 Å². The Hall–Kier alpha value is -1.34. The summed E-state index contributed by atoms with van der Waals surface area (Å²) < 4.78 is 0. The summed E-state index contributed by atoms with van der Waals surface area (Å²) in [6, 6.07) is 0.510. The number of anilines is 1. The van der Waals surface area contributed by atoms with E-state index < -0.39 is 0 Å². The molecule has 140 valence electrons. The van der Waals surface area contributed by atoms with E-state index in [4.69, 9.17) is 10.7 Å². The smallest absolute Gasteiger partial charge is 0.191 e. The third-order valence-electron chi connectivity index (χ3n) is 5.59. The molecular weight excluding hydrogens is 332 g/mol. The maximum absolute atomic E-state index is 6.32. The molecule has 2 N–H and O–H groups in total. The Morgan fingerprint density at radius 2 is 2.00 bits per heavy atom. The van der Waals surface area contributed by atoms with Gasteiger partial charge in [0.2, 0.25) is 0 Å². The van der Waals surface area contributed by atoms with Gasteiger partial charge in [0.1, 0.15) is 0 Å². The molecule has 2 fully saturated rings. The first-order valence-corrected chi connectivity index (χ1v) is 10.4. The van der Waals surface area contributed by atoms with Gasteiger partial charge in [0.15, 0.2) is 11.1 Å². The van der Waals surface area contributed by atoms with Gasteiger partial charge >= 0.3 is 0 Å². The van der Waals surface area contributed by atoms with Crippen LogP contribution in [0.3, 0.4) is 0 Å². The molecule has 1 unspecified atom stereocenters. The van der Waals surface area contributed by atoms with Crippen molar-refractivity contribution in [3.8, 4) is 0 Å². The fraction of sp³-hybridized carbons (Fsp3) is 0.778. The van der Waals surface area contributed by atoms with E-state index in [1.807, 2.05) is 11.6 Å². The Morgan fingerprint density at radius 1 is 1.28 bits per heavy atom. The SMILES string of the molecule is CN(C)C(CN=C(N)N1CCN(c2nccs2)CC1)C1CCCCC1. The van der Waals surface area contributed by atoms with Crippen LogP contribution in [0.1, 0.15) is 32.1 Å². The van der Waals surface area contributed by atoms with Crippen molar-refractivity contribution in [3.63, 3.8) is 0 Å². The minimum atomic E-state index is 0.510. The van der Waals surface area contributed by atoms with Gasteiger partial charge in [-0.3, -0.25) is 4.99 Å². The summed E-state index contributed by atoms with van der Waals surface area (Å²) in [5.74, 6) is 1.48. The largest absolute Gasteiger partial charge is 0.370 e. The molecular formula is C18H32N6S. The van der Waals surface area contributed by atoms with Crippen LogP contribution in [0, 0.1) is 5.92 Å². The second-order valence-corrected chi connectivity index (χ2v) is 8.29.